The maximum atomic E-state index is 13.1. The fourth-order valence-corrected chi connectivity index (χ4v) is 5.65. The largest absolute Gasteiger partial charge is 0.483 e. The maximum absolute atomic E-state index is 13.1. The van der Waals surface area contributed by atoms with E-state index >= 15 is 0 Å². The number of aliphatic hydroxyl groups excluding tert-OH is 1. The topological polar surface area (TPSA) is 112 Å². The highest BCUT2D eigenvalue weighted by Gasteiger charge is 2.31. The Morgan fingerprint density at radius 2 is 1.55 bits per heavy atom. The second-order valence-electron chi connectivity index (χ2n) is 10.4. The molecule has 2 amide bonds. The van der Waals surface area contributed by atoms with Gasteiger partial charge in [-0.1, -0.05) is 78.9 Å². The lowest BCUT2D eigenvalue weighted by atomic mass is 9.92. The van der Waals surface area contributed by atoms with Crippen molar-refractivity contribution in [2.24, 2.45) is 0 Å². The average molecular weight is 588 g/mol. The summed E-state index contributed by atoms with van der Waals surface area (Å²) in [7, 11) is 0. The number of aliphatic hydroxyl groups is 1. The molecule has 0 unspecified atom stereocenters. The Balaban J connectivity index is 1.54. The van der Waals surface area contributed by atoms with Gasteiger partial charge in [0.15, 0.2) is 6.61 Å². The number of rotatable bonds is 14. The predicted molar refractivity (Wildman–Crippen MR) is 164 cm³/mol. The summed E-state index contributed by atoms with van der Waals surface area (Å²) >= 11 is 1.38. The van der Waals surface area contributed by atoms with E-state index in [-0.39, 0.29) is 25.5 Å². The van der Waals surface area contributed by atoms with Gasteiger partial charge in [0.05, 0.1) is 24.2 Å². The number of benzene rings is 3. The van der Waals surface area contributed by atoms with E-state index in [0.29, 0.717) is 18.6 Å². The zero-order valence-corrected chi connectivity index (χ0v) is 24.7. The van der Waals surface area contributed by atoms with Crippen molar-refractivity contribution in [3.05, 3.63) is 118 Å². The van der Waals surface area contributed by atoms with Crippen molar-refractivity contribution in [2.45, 2.75) is 57.8 Å². The zero-order valence-electron chi connectivity index (χ0n) is 23.8. The molecule has 4 rings (SSSR count). The molecule has 3 atom stereocenters. The molecule has 3 aromatic carbocycles. The Morgan fingerprint density at radius 1 is 0.929 bits per heavy atom. The van der Waals surface area contributed by atoms with E-state index in [4.69, 9.17) is 4.74 Å². The number of thiazole rings is 1. The molecule has 1 aromatic heterocycles. The molecular formula is C33H37N3O5S. The van der Waals surface area contributed by atoms with Gasteiger partial charge in [0.1, 0.15) is 5.75 Å². The first kappa shape index (κ1) is 30.7. The van der Waals surface area contributed by atoms with Crippen LogP contribution in [0.5, 0.6) is 5.75 Å². The minimum Gasteiger partial charge on any atom is -0.483 e. The highest BCUT2D eigenvalue weighted by Crippen LogP contribution is 2.23. The molecule has 8 nitrogen and oxygen atoms in total. The van der Waals surface area contributed by atoms with Gasteiger partial charge in [-0.25, -0.2) is 4.79 Å². The van der Waals surface area contributed by atoms with E-state index in [0.717, 1.165) is 27.1 Å². The first-order valence-electron chi connectivity index (χ1n) is 13.9. The van der Waals surface area contributed by atoms with Crippen LogP contribution in [0.1, 0.15) is 33.6 Å². The second kappa shape index (κ2) is 15.1. The van der Waals surface area contributed by atoms with Gasteiger partial charge >= 0.3 is 6.09 Å². The summed E-state index contributed by atoms with van der Waals surface area (Å²) in [5.41, 5.74) is 5.43. The van der Waals surface area contributed by atoms with Gasteiger partial charge in [-0.2, -0.15) is 0 Å². The number of aryl methyl sites for hydroxylation is 2. The Morgan fingerprint density at radius 3 is 2.12 bits per heavy atom. The first-order valence-corrected chi connectivity index (χ1v) is 14.8. The van der Waals surface area contributed by atoms with Crippen molar-refractivity contribution < 1.29 is 24.5 Å². The van der Waals surface area contributed by atoms with Crippen molar-refractivity contribution in [1.29, 1.82) is 0 Å². The first-order chi connectivity index (χ1) is 20.3. The van der Waals surface area contributed by atoms with Crippen LogP contribution in [0.4, 0.5) is 4.79 Å². The Labute approximate surface area is 250 Å². The predicted octanol–water partition coefficient (Wildman–Crippen LogP) is 5.41. The molecule has 0 saturated carbocycles. The quantitative estimate of drug-likeness (QED) is 0.182. The van der Waals surface area contributed by atoms with Gasteiger partial charge in [-0.15, -0.1) is 11.3 Å². The van der Waals surface area contributed by atoms with Crippen LogP contribution in [0.15, 0.2) is 90.6 Å². The van der Waals surface area contributed by atoms with Gasteiger partial charge < -0.3 is 20.3 Å². The fourth-order valence-electron chi connectivity index (χ4n) is 5.06. The van der Waals surface area contributed by atoms with Crippen molar-refractivity contribution in [2.75, 3.05) is 6.61 Å². The molecule has 0 fully saturated rings. The van der Waals surface area contributed by atoms with Crippen molar-refractivity contribution in [1.82, 2.24) is 15.2 Å². The summed E-state index contributed by atoms with van der Waals surface area (Å²) in [6, 6.07) is 23.8. The average Bonchev–Trinajstić information content (AvgIpc) is 3.49. The fraction of sp³-hybridized carbons (Fsp3) is 0.303. The number of nitrogens with zero attached hydrogens (tertiary/aromatic N) is 2. The smallest absolute Gasteiger partial charge is 0.407 e. The molecule has 3 N–H and O–H groups in total. The van der Waals surface area contributed by atoms with Crippen LogP contribution in [0.3, 0.4) is 0 Å². The Kier molecular flexibility index (Phi) is 11.1. The molecule has 0 aliphatic heterocycles. The minimum absolute atomic E-state index is 0.121. The summed E-state index contributed by atoms with van der Waals surface area (Å²) in [4.78, 5) is 31.9. The minimum atomic E-state index is -1.08. The monoisotopic (exact) mass is 587 g/mol. The van der Waals surface area contributed by atoms with Crippen molar-refractivity contribution in [3.8, 4) is 5.75 Å². The third-order valence-corrected chi connectivity index (χ3v) is 7.95. The number of aromatic nitrogens is 1. The zero-order chi connectivity index (χ0) is 29.9. The van der Waals surface area contributed by atoms with Crippen LogP contribution in [0.25, 0.3) is 0 Å². The van der Waals surface area contributed by atoms with Crippen LogP contribution in [-0.2, 0) is 24.2 Å². The third-order valence-electron chi connectivity index (χ3n) is 7.19. The van der Waals surface area contributed by atoms with Gasteiger partial charge in [0.2, 0.25) is 0 Å². The number of ether oxygens (including phenoxy) is 1. The van der Waals surface area contributed by atoms with E-state index in [1.165, 1.54) is 16.2 Å². The molecular weight excluding hydrogens is 550 g/mol. The molecule has 0 aliphatic carbocycles. The van der Waals surface area contributed by atoms with Crippen LogP contribution in [-0.4, -0.2) is 56.9 Å². The van der Waals surface area contributed by atoms with Crippen molar-refractivity contribution in [3.63, 3.8) is 0 Å². The number of carbonyl (C=O) groups is 2. The summed E-state index contributed by atoms with van der Waals surface area (Å²) in [5.74, 6) is 0.299. The molecule has 0 saturated heterocycles. The van der Waals surface area contributed by atoms with Gasteiger partial charge in [0, 0.05) is 17.1 Å². The number of hydrogen-bond donors (Lipinski definition) is 3. The highest BCUT2D eigenvalue weighted by atomic mass is 32.1. The number of para-hydroxylation sites is 1. The summed E-state index contributed by atoms with van der Waals surface area (Å²) in [6.45, 7) is 3.80. The standard InChI is InChI=1S/C33H37N3O5S/c1-23-10-9-11-24(2)32(23)41-21-31(38)35-29(17-26-14-7-4-8-15-26)30(37)18-27(16-25-12-5-3-6-13-25)36(33(39)40)20-28-19-34-22-42-28/h3-15,19,22,27,29-30,37H,16-18,20-21H2,1-2H3,(H,35,38)(H,39,40)/t27-,29-,30-/m0/s1. The molecule has 42 heavy (non-hydrogen) atoms. The number of nitrogens with one attached hydrogen (secondary N) is 1. The molecule has 4 aromatic rings. The lowest BCUT2D eigenvalue weighted by Gasteiger charge is -2.33. The van der Waals surface area contributed by atoms with E-state index in [9.17, 15) is 19.8 Å². The normalized spacial score (nSPS) is 13.1. The number of hydrogen-bond acceptors (Lipinski definition) is 6. The van der Waals surface area contributed by atoms with Gasteiger partial charge in [-0.05, 0) is 55.4 Å². The van der Waals surface area contributed by atoms with E-state index in [1.807, 2.05) is 92.7 Å². The van der Waals surface area contributed by atoms with Gasteiger partial charge in [-0.3, -0.25) is 14.7 Å². The number of carbonyl (C=O) groups excluding carboxylic acids is 1. The maximum Gasteiger partial charge on any atom is 0.407 e. The summed E-state index contributed by atoms with van der Waals surface area (Å²) in [5, 5.41) is 24.8. The molecule has 0 spiro atoms. The molecule has 0 bridgehead atoms. The molecule has 0 aliphatic rings. The van der Waals surface area contributed by atoms with Crippen LogP contribution in [0, 0.1) is 13.8 Å². The molecule has 0 radical (unpaired) electrons. The summed E-state index contributed by atoms with van der Waals surface area (Å²) in [6.07, 6.45) is 0.441. The van der Waals surface area contributed by atoms with Gasteiger partial charge in [0.25, 0.3) is 5.91 Å². The van der Waals surface area contributed by atoms with E-state index in [2.05, 4.69) is 10.3 Å². The van der Waals surface area contributed by atoms with Crippen LogP contribution >= 0.6 is 11.3 Å². The lowest BCUT2D eigenvalue weighted by molar-refractivity contribution is -0.124. The van der Waals surface area contributed by atoms with E-state index in [1.54, 1.807) is 11.7 Å². The molecule has 9 heteroatoms. The van der Waals surface area contributed by atoms with Crippen LogP contribution < -0.4 is 10.1 Å². The third kappa shape index (κ3) is 8.89. The number of carboxylic acid groups (broad SMARTS) is 1. The second-order valence-corrected chi connectivity index (χ2v) is 11.4. The summed E-state index contributed by atoms with van der Waals surface area (Å²) < 4.78 is 5.86. The SMILES string of the molecule is Cc1cccc(C)c1OCC(=O)N[C@@H](Cc1ccccc1)[C@@H](O)C[C@H](Cc1ccccc1)N(Cc1cncs1)C(=O)O. The Hall–Kier alpha value is -4.21. The highest BCUT2D eigenvalue weighted by molar-refractivity contribution is 7.09. The molecule has 220 valence electrons. The van der Waals surface area contributed by atoms with Crippen molar-refractivity contribution >= 4 is 23.3 Å². The van der Waals surface area contributed by atoms with E-state index < -0.39 is 24.3 Å². The lowest BCUT2D eigenvalue weighted by Crippen LogP contribution is -2.50. The Bertz CT molecular complexity index is 1400. The van der Waals surface area contributed by atoms with Crippen LogP contribution in [0.2, 0.25) is 0 Å². The molecule has 1 heterocycles. The number of amides is 2.